The molecule has 18 heavy (non-hydrogen) atoms. The molecule has 0 spiro atoms. The monoisotopic (exact) mass is 262 g/mol. The first-order chi connectivity index (χ1) is 8.36. The van der Waals surface area contributed by atoms with Gasteiger partial charge in [-0.3, -0.25) is 4.98 Å². The highest BCUT2D eigenvalue weighted by atomic mass is 35.5. The summed E-state index contributed by atoms with van der Waals surface area (Å²) in [6.45, 7) is 8.91. The number of benzene rings is 1. The molecule has 1 aromatic carbocycles. The smallest absolute Gasteiger partial charge is 0.0749 e. The third-order valence-corrected chi connectivity index (χ3v) is 3.93. The third-order valence-electron chi connectivity index (χ3n) is 3.52. The minimum absolute atomic E-state index is 0.118. The Balaban J connectivity index is 2.78. The molecular weight excluding hydrogens is 244 g/mol. The van der Waals surface area contributed by atoms with E-state index in [2.05, 4.69) is 26.8 Å². The lowest BCUT2D eigenvalue weighted by atomic mass is 9.86. The van der Waals surface area contributed by atoms with Gasteiger partial charge in [-0.15, -0.1) is 0 Å². The Morgan fingerprint density at radius 3 is 2.56 bits per heavy atom. The molecule has 0 fully saturated rings. The number of fused-ring (bicyclic) bond motifs is 1. The maximum absolute atomic E-state index is 6.16. The molecule has 0 saturated carbocycles. The van der Waals surface area contributed by atoms with E-state index in [4.69, 9.17) is 22.3 Å². The van der Waals surface area contributed by atoms with Crippen LogP contribution in [0.25, 0.3) is 10.9 Å². The Morgan fingerprint density at radius 1 is 1.28 bits per heavy atom. The van der Waals surface area contributed by atoms with Crippen molar-refractivity contribution in [3.05, 3.63) is 40.0 Å². The second-order valence-corrected chi connectivity index (χ2v) is 5.89. The predicted octanol–water partition coefficient (Wildman–Crippen LogP) is 3.74. The molecule has 2 N–H and O–H groups in total. The fraction of sp³-hybridized carbons (Fsp3) is 0.400. The van der Waals surface area contributed by atoms with Gasteiger partial charge in [0.2, 0.25) is 0 Å². The molecule has 2 nitrogen and oxygen atoms in total. The first kappa shape index (κ1) is 13.3. The molecule has 0 aliphatic carbocycles. The summed E-state index contributed by atoms with van der Waals surface area (Å²) in [5.41, 5.74) is 9.98. The Morgan fingerprint density at radius 2 is 1.94 bits per heavy atom. The number of aromatic nitrogens is 1. The van der Waals surface area contributed by atoms with Crippen molar-refractivity contribution in [3.63, 3.8) is 0 Å². The summed E-state index contributed by atoms with van der Waals surface area (Å²) >= 11 is 6.16. The number of halogens is 1. The summed E-state index contributed by atoms with van der Waals surface area (Å²) < 4.78 is 0. The van der Waals surface area contributed by atoms with E-state index in [-0.39, 0.29) is 5.41 Å². The van der Waals surface area contributed by atoms with E-state index in [0.29, 0.717) is 6.54 Å². The van der Waals surface area contributed by atoms with Crippen LogP contribution < -0.4 is 5.73 Å². The fourth-order valence-corrected chi connectivity index (χ4v) is 2.40. The van der Waals surface area contributed by atoms with Crippen LogP contribution >= 0.6 is 11.6 Å². The average molecular weight is 263 g/mol. The van der Waals surface area contributed by atoms with E-state index in [9.17, 15) is 0 Å². The van der Waals surface area contributed by atoms with Crippen LogP contribution in [0.15, 0.2) is 18.2 Å². The zero-order valence-corrected chi connectivity index (χ0v) is 12.1. The van der Waals surface area contributed by atoms with Crippen molar-refractivity contribution in [2.24, 2.45) is 5.73 Å². The molecule has 2 aromatic rings. The molecular formula is C15H19ClN2. The molecule has 0 unspecified atom stereocenters. The number of nitrogens with two attached hydrogens (primary N) is 1. The summed E-state index contributed by atoms with van der Waals surface area (Å²) in [7, 11) is 0. The summed E-state index contributed by atoms with van der Waals surface area (Å²) in [5, 5.41) is 1.89. The molecule has 0 aliphatic heterocycles. The summed E-state index contributed by atoms with van der Waals surface area (Å²) in [6.07, 6.45) is 0. The van der Waals surface area contributed by atoms with E-state index in [0.717, 1.165) is 27.2 Å². The van der Waals surface area contributed by atoms with Gasteiger partial charge in [0.25, 0.3) is 0 Å². The summed E-state index contributed by atoms with van der Waals surface area (Å²) in [5.74, 6) is 0. The van der Waals surface area contributed by atoms with Crippen molar-refractivity contribution in [1.29, 1.82) is 0 Å². The molecule has 3 heteroatoms. The average Bonchev–Trinajstić information content (AvgIpc) is 2.33. The molecule has 0 atom stereocenters. The maximum Gasteiger partial charge on any atom is 0.0749 e. The van der Waals surface area contributed by atoms with Gasteiger partial charge in [0.1, 0.15) is 0 Å². The van der Waals surface area contributed by atoms with Gasteiger partial charge < -0.3 is 5.73 Å². The van der Waals surface area contributed by atoms with E-state index in [1.807, 2.05) is 19.1 Å². The van der Waals surface area contributed by atoms with Gasteiger partial charge in [-0.2, -0.15) is 0 Å². The second-order valence-electron chi connectivity index (χ2n) is 5.49. The number of nitrogens with zero attached hydrogens (tertiary/aromatic N) is 1. The SMILES string of the molecule is Cc1cc2ccc(Cl)c(C)c2nc1C(C)(C)CN. The Bertz CT molecular complexity index is 603. The molecule has 1 aromatic heterocycles. The molecule has 1 heterocycles. The summed E-state index contributed by atoms with van der Waals surface area (Å²) in [6, 6.07) is 6.11. The Hall–Kier alpha value is -1.12. The van der Waals surface area contributed by atoms with Crippen LogP contribution in [0.3, 0.4) is 0 Å². The summed E-state index contributed by atoms with van der Waals surface area (Å²) in [4.78, 5) is 4.81. The lowest BCUT2D eigenvalue weighted by molar-refractivity contribution is 0.520. The number of rotatable bonds is 2. The highest BCUT2D eigenvalue weighted by Gasteiger charge is 2.23. The molecule has 0 radical (unpaired) electrons. The lowest BCUT2D eigenvalue weighted by Gasteiger charge is -2.24. The minimum Gasteiger partial charge on any atom is -0.330 e. The van der Waals surface area contributed by atoms with E-state index >= 15 is 0 Å². The van der Waals surface area contributed by atoms with Crippen molar-refractivity contribution in [3.8, 4) is 0 Å². The Labute approximate surface area is 113 Å². The molecule has 0 saturated heterocycles. The van der Waals surface area contributed by atoms with Crippen LogP contribution in [0.4, 0.5) is 0 Å². The third kappa shape index (κ3) is 2.11. The van der Waals surface area contributed by atoms with Crippen molar-refractivity contribution < 1.29 is 0 Å². The van der Waals surface area contributed by atoms with Gasteiger partial charge in [0.05, 0.1) is 11.2 Å². The van der Waals surface area contributed by atoms with Gasteiger partial charge in [-0.25, -0.2) is 0 Å². The molecule has 0 aliphatic rings. The van der Waals surface area contributed by atoms with E-state index in [1.54, 1.807) is 0 Å². The highest BCUT2D eigenvalue weighted by Crippen LogP contribution is 2.30. The standard InChI is InChI=1S/C15H19ClN2/c1-9-7-11-5-6-12(16)10(2)13(11)18-14(9)15(3,4)8-17/h5-7H,8,17H2,1-4H3. The van der Waals surface area contributed by atoms with Crippen molar-refractivity contribution >= 4 is 22.5 Å². The normalized spacial score (nSPS) is 12.1. The fourth-order valence-electron chi connectivity index (χ4n) is 2.24. The molecule has 0 bridgehead atoms. The van der Waals surface area contributed by atoms with Crippen LogP contribution in [0.1, 0.15) is 30.7 Å². The molecule has 96 valence electrons. The quantitative estimate of drug-likeness (QED) is 0.895. The predicted molar refractivity (Wildman–Crippen MR) is 78.3 cm³/mol. The second kappa shape index (κ2) is 4.52. The minimum atomic E-state index is -0.118. The zero-order valence-electron chi connectivity index (χ0n) is 11.3. The van der Waals surface area contributed by atoms with Crippen LogP contribution in [0.5, 0.6) is 0 Å². The van der Waals surface area contributed by atoms with Crippen LogP contribution in [0.2, 0.25) is 5.02 Å². The lowest BCUT2D eigenvalue weighted by Crippen LogP contribution is -2.30. The first-order valence-corrected chi connectivity index (χ1v) is 6.51. The van der Waals surface area contributed by atoms with Crippen molar-refractivity contribution in [1.82, 2.24) is 4.98 Å². The first-order valence-electron chi connectivity index (χ1n) is 6.14. The van der Waals surface area contributed by atoms with Gasteiger partial charge in [0, 0.05) is 22.4 Å². The van der Waals surface area contributed by atoms with Crippen LogP contribution in [-0.2, 0) is 5.41 Å². The number of pyridine rings is 1. The van der Waals surface area contributed by atoms with Gasteiger partial charge in [-0.1, -0.05) is 31.5 Å². The van der Waals surface area contributed by atoms with Crippen molar-refractivity contribution in [2.45, 2.75) is 33.1 Å². The van der Waals surface area contributed by atoms with Gasteiger partial charge in [-0.05, 0) is 37.1 Å². The van der Waals surface area contributed by atoms with Crippen LogP contribution in [0, 0.1) is 13.8 Å². The highest BCUT2D eigenvalue weighted by molar-refractivity contribution is 6.32. The van der Waals surface area contributed by atoms with Crippen LogP contribution in [-0.4, -0.2) is 11.5 Å². The number of aryl methyl sites for hydroxylation is 2. The molecule has 2 rings (SSSR count). The zero-order chi connectivity index (χ0) is 13.5. The topological polar surface area (TPSA) is 38.9 Å². The van der Waals surface area contributed by atoms with Crippen molar-refractivity contribution in [2.75, 3.05) is 6.54 Å². The number of hydrogen-bond donors (Lipinski definition) is 1. The van der Waals surface area contributed by atoms with E-state index in [1.165, 1.54) is 5.56 Å². The van der Waals surface area contributed by atoms with Gasteiger partial charge >= 0.3 is 0 Å². The maximum atomic E-state index is 6.16. The molecule has 0 amide bonds. The largest absolute Gasteiger partial charge is 0.330 e. The van der Waals surface area contributed by atoms with Gasteiger partial charge in [0.15, 0.2) is 0 Å². The Kier molecular flexibility index (Phi) is 3.35. The number of hydrogen-bond acceptors (Lipinski definition) is 2. The van der Waals surface area contributed by atoms with E-state index < -0.39 is 0 Å².